The van der Waals surface area contributed by atoms with Crippen molar-refractivity contribution in [2.24, 2.45) is 0 Å². The van der Waals surface area contributed by atoms with Crippen molar-refractivity contribution in [3.63, 3.8) is 0 Å². The van der Waals surface area contributed by atoms with Crippen LogP contribution >= 0.6 is 23.8 Å². The standard InChI is InChI=1S/C22H22ClN3OS/c1-2-27-21-11-9-20(10-12-21)25-22(28)26(16-18-4-3-13-24-14-18)15-17-5-7-19(23)8-6-17/h3-14H,2,15-16H2,1H3,(H,25,28). The predicted octanol–water partition coefficient (Wildman–Crippen LogP) is 5.53. The number of nitrogens with one attached hydrogen (secondary N) is 1. The zero-order chi connectivity index (χ0) is 19.8. The number of thiocarbonyl (C=S) groups is 1. The summed E-state index contributed by atoms with van der Waals surface area (Å²) in [7, 11) is 0. The van der Waals surface area contributed by atoms with Crippen molar-refractivity contribution in [3.8, 4) is 5.75 Å². The van der Waals surface area contributed by atoms with Crippen LogP contribution in [0, 0.1) is 0 Å². The highest BCUT2D eigenvalue weighted by molar-refractivity contribution is 7.80. The Balaban J connectivity index is 1.74. The van der Waals surface area contributed by atoms with Crippen LogP contribution in [-0.4, -0.2) is 21.6 Å². The molecule has 1 heterocycles. The number of halogens is 1. The van der Waals surface area contributed by atoms with Crippen molar-refractivity contribution in [3.05, 3.63) is 89.2 Å². The third-order valence-electron chi connectivity index (χ3n) is 4.09. The molecule has 0 amide bonds. The van der Waals surface area contributed by atoms with Gasteiger partial charge in [-0.3, -0.25) is 4.98 Å². The topological polar surface area (TPSA) is 37.4 Å². The van der Waals surface area contributed by atoms with Crippen molar-refractivity contribution < 1.29 is 4.74 Å². The number of rotatable bonds is 7. The number of hydrogen-bond acceptors (Lipinski definition) is 3. The van der Waals surface area contributed by atoms with Gasteiger partial charge in [-0.2, -0.15) is 0 Å². The maximum absolute atomic E-state index is 6.01. The highest BCUT2D eigenvalue weighted by Gasteiger charge is 2.12. The second-order valence-electron chi connectivity index (χ2n) is 6.23. The van der Waals surface area contributed by atoms with E-state index in [1.807, 2.05) is 73.8 Å². The van der Waals surface area contributed by atoms with E-state index in [-0.39, 0.29) is 0 Å². The fourth-order valence-corrected chi connectivity index (χ4v) is 3.10. The van der Waals surface area contributed by atoms with Gasteiger partial charge in [0.2, 0.25) is 0 Å². The molecular weight excluding hydrogens is 390 g/mol. The van der Waals surface area contributed by atoms with E-state index in [1.165, 1.54) is 0 Å². The van der Waals surface area contributed by atoms with Gasteiger partial charge in [0.25, 0.3) is 0 Å². The Morgan fingerprint density at radius 1 is 1.04 bits per heavy atom. The highest BCUT2D eigenvalue weighted by Crippen LogP contribution is 2.18. The molecule has 0 saturated carbocycles. The number of nitrogens with zero attached hydrogens (tertiary/aromatic N) is 2. The summed E-state index contributed by atoms with van der Waals surface area (Å²) in [6.07, 6.45) is 3.62. The van der Waals surface area contributed by atoms with Crippen LogP contribution in [0.4, 0.5) is 5.69 Å². The molecule has 0 aliphatic carbocycles. The molecule has 3 aromatic rings. The lowest BCUT2D eigenvalue weighted by molar-refractivity contribution is 0.340. The Kier molecular flexibility index (Phi) is 7.23. The minimum absolute atomic E-state index is 0.642. The second kappa shape index (κ2) is 10.1. The Labute approximate surface area is 176 Å². The third kappa shape index (κ3) is 5.94. The largest absolute Gasteiger partial charge is 0.494 e. The summed E-state index contributed by atoms with van der Waals surface area (Å²) in [5.41, 5.74) is 3.14. The number of anilines is 1. The number of benzene rings is 2. The van der Waals surface area contributed by atoms with E-state index in [2.05, 4.69) is 15.2 Å². The molecule has 1 N–H and O–H groups in total. The first-order valence-corrected chi connectivity index (χ1v) is 9.85. The highest BCUT2D eigenvalue weighted by atomic mass is 35.5. The first kappa shape index (κ1) is 20.1. The number of ether oxygens (including phenoxy) is 1. The maximum atomic E-state index is 6.01. The van der Waals surface area contributed by atoms with Gasteiger partial charge in [-0.15, -0.1) is 0 Å². The molecule has 0 fully saturated rings. The molecule has 0 saturated heterocycles. The van der Waals surface area contributed by atoms with E-state index >= 15 is 0 Å². The van der Waals surface area contributed by atoms with E-state index in [9.17, 15) is 0 Å². The van der Waals surface area contributed by atoms with Crippen LogP contribution in [0.5, 0.6) is 5.75 Å². The summed E-state index contributed by atoms with van der Waals surface area (Å²) in [6, 6.07) is 19.6. The molecule has 1 aromatic heterocycles. The van der Waals surface area contributed by atoms with E-state index in [0.717, 1.165) is 27.6 Å². The lowest BCUT2D eigenvalue weighted by atomic mass is 10.2. The van der Waals surface area contributed by atoms with Gasteiger partial charge in [-0.1, -0.05) is 29.8 Å². The number of aromatic nitrogens is 1. The normalized spacial score (nSPS) is 10.4. The molecule has 3 rings (SSSR count). The van der Waals surface area contributed by atoms with Crippen molar-refractivity contribution in [1.82, 2.24) is 9.88 Å². The Bertz CT molecular complexity index is 886. The average molecular weight is 412 g/mol. The summed E-state index contributed by atoms with van der Waals surface area (Å²) < 4.78 is 5.49. The minimum atomic E-state index is 0.642. The van der Waals surface area contributed by atoms with Gasteiger partial charge in [0.15, 0.2) is 5.11 Å². The van der Waals surface area contributed by atoms with E-state index < -0.39 is 0 Å². The summed E-state index contributed by atoms with van der Waals surface area (Å²) in [6.45, 7) is 3.92. The molecule has 0 unspecified atom stereocenters. The zero-order valence-corrected chi connectivity index (χ0v) is 17.2. The van der Waals surface area contributed by atoms with Crippen LogP contribution in [0.25, 0.3) is 0 Å². The van der Waals surface area contributed by atoms with Gasteiger partial charge in [-0.05, 0) is 72.7 Å². The molecule has 0 bridgehead atoms. The Morgan fingerprint density at radius 2 is 1.75 bits per heavy atom. The minimum Gasteiger partial charge on any atom is -0.494 e. The van der Waals surface area contributed by atoms with Gasteiger partial charge in [0.05, 0.1) is 6.61 Å². The zero-order valence-electron chi connectivity index (χ0n) is 15.6. The van der Waals surface area contributed by atoms with Crippen molar-refractivity contribution >= 4 is 34.6 Å². The van der Waals surface area contributed by atoms with Crippen molar-refractivity contribution in [2.45, 2.75) is 20.0 Å². The van der Waals surface area contributed by atoms with Crippen LogP contribution in [0.1, 0.15) is 18.1 Å². The molecule has 0 atom stereocenters. The monoisotopic (exact) mass is 411 g/mol. The van der Waals surface area contributed by atoms with Crippen molar-refractivity contribution in [2.75, 3.05) is 11.9 Å². The molecule has 0 radical (unpaired) electrons. The molecule has 2 aromatic carbocycles. The smallest absolute Gasteiger partial charge is 0.174 e. The first-order chi connectivity index (χ1) is 13.6. The van der Waals surface area contributed by atoms with E-state index in [1.54, 1.807) is 6.20 Å². The van der Waals surface area contributed by atoms with Gasteiger partial charge in [-0.25, -0.2) is 0 Å². The molecule has 0 aliphatic heterocycles. The molecule has 4 nitrogen and oxygen atoms in total. The third-order valence-corrected chi connectivity index (χ3v) is 4.70. The molecule has 144 valence electrons. The summed E-state index contributed by atoms with van der Waals surface area (Å²) in [5.74, 6) is 0.840. The quantitative estimate of drug-likeness (QED) is 0.517. The van der Waals surface area contributed by atoms with Crippen LogP contribution in [-0.2, 0) is 13.1 Å². The number of pyridine rings is 1. The fourth-order valence-electron chi connectivity index (χ4n) is 2.73. The SMILES string of the molecule is CCOc1ccc(NC(=S)N(Cc2ccc(Cl)cc2)Cc2cccnc2)cc1. The molecule has 28 heavy (non-hydrogen) atoms. The molecule has 0 aliphatic rings. The lowest BCUT2D eigenvalue weighted by Gasteiger charge is -2.26. The van der Waals surface area contributed by atoms with Gasteiger partial charge < -0.3 is 15.0 Å². The van der Waals surface area contributed by atoms with E-state index in [0.29, 0.717) is 24.8 Å². The molecule has 6 heteroatoms. The van der Waals surface area contributed by atoms with Crippen LogP contribution in [0.3, 0.4) is 0 Å². The van der Waals surface area contributed by atoms with Crippen LogP contribution in [0.15, 0.2) is 73.1 Å². The Morgan fingerprint density at radius 3 is 2.39 bits per heavy atom. The Hall–Kier alpha value is -2.63. The fraction of sp³-hybridized carbons (Fsp3) is 0.182. The molecule has 0 spiro atoms. The maximum Gasteiger partial charge on any atom is 0.174 e. The van der Waals surface area contributed by atoms with Gasteiger partial charge in [0, 0.05) is 36.2 Å². The van der Waals surface area contributed by atoms with Crippen molar-refractivity contribution in [1.29, 1.82) is 0 Å². The summed E-state index contributed by atoms with van der Waals surface area (Å²) >= 11 is 11.7. The second-order valence-corrected chi connectivity index (χ2v) is 7.05. The van der Waals surface area contributed by atoms with Crippen LogP contribution < -0.4 is 10.1 Å². The predicted molar refractivity (Wildman–Crippen MR) is 119 cm³/mol. The molecular formula is C22H22ClN3OS. The summed E-state index contributed by atoms with van der Waals surface area (Å²) in [4.78, 5) is 6.31. The van der Waals surface area contributed by atoms with E-state index in [4.69, 9.17) is 28.6 Å². The average Bonchev–Trinajstić information content (AvgIpc) is 2.71. The van der Waals surface area contributed by atoms with Crippen LogP contribution in [0.2, 0.25) is 5.02 Å². The first-order valence-electron chi connectivity index (χ1n) is 9.06. The lowest BCUT2D eigenvalue weighted by Crippen LogP contribution is -2.33. The van der Waals surface area contributed by atoms with Gasteiger partial charge in [0.1, 0.15) is 5.75 Å². The number of hydrogen-bond donors (Lipinski definition) is 1. The van der Waals surface area contributed by atoms with Gasteiger partial charge >= 0.3 is 0 Å². The summed E-state index contributed by atoms with van der Waals surface area (Å²) in [5, 5.41) is 4.68.